The molecule has 11 nitrogen and oxygen atoms in total. The molecule has 116 valence electrons. The van der Waals surface area contributed by atoms with Crippen LogP contribution < -0.4 is 0 Å². The number of hydrogen-bond acceptors (Lipinski definition) is 6. The van der Waals surface area contributed by atoms with E-state index < -0.39 is 44.6 Å². The molecule has 0 amide bonds. The van der Waals surface area contributed by atoms with Crippen LogP contribution in [0.5, 0.6) is 0 Å². The van der Waals surface area contributed by atoms with Gasteiger partial charge in [-0.3, -0.25) is 19.2 Å². The predicted octanol–water partition coefficient (Wildman–Crippen LogP) is -1.31. The third-order valence-electron chi connectivity index (χ3n) is 1.65. The molecule has 0 bridgehead atoms. The number of nitro groups is 1. The summed E-state index contributed by atoms with van der Waals surface area (Å²) in [4.78, 5) is 43.3. The van der Waals surface area contributed by atoms with E-state index in [2.05, 4.69) is 0 Å². The molecule has 0 aliphatic carbocycles. The fourth-order valence-electron chi connectivity index (χ4n) is 0.922. The van der Waals surface area contributed by atoms with Crippen LogP contribution in [0.4, 0.5) is 0 Å². The summed E-state index contributed by atoms with van der Waals surface area (Å²) in [6.07, 6.45) is -4.52. The van der Waals surface area contributed by atoms with Crippen molar-refractivity contribution >= 4 is 15.2 Å². The van der Waals surface area contributed by atoms with E-state index in [0.717, 1.165) is 0 Å². The third-order valence-corrected chi connectivity index (χ3v) is 4.20. The molecule has 0 saturated heterocycles. The highest BCUT2D eigenvalue weighted by molar-refractivity contribution is 7.56. The molecule has 6 N–H and O–H groups in total. The van der Waals surface area contributed by atoms with Crippen molar-refractivity contribution < 1.29 is 43.8 Å². The van der Waals surface area contributed by atoms with Crippen LogP contribution >= 0.6 is 15.2 Å². The largest absolute Gasteiger partial charge is 0.397 e. The lowest BCUT2D eigenvalue weighted by Crippen LogP contribution is -2.27. The van der Waals surface area contributed by atoms with Crippen molar-refractivity contribution in [3.05, 3.63) is 10.1 Å². The van der Waals surface area contributed by atoms with Crippen LogP contribution in [0.1, 0.15) is 13.3 Å². The van der Waals surface area contributed by atoms with Gasteiger partial charge in [0.2, 0.25) is 0 Å². The fraction of sp³-hybridized carbons (Fsp3) is 1.00. The van der Waals surface area contributed by atoms with E-state index in [1.165, 1.54) is 0 Å². The van der Waals surface area contributed by atoms with Crippen LogP contribution in [0.2, 0.25) is 0 Å². The van der Waals surface area contributed by atoms with Gasteiger partial charge in [-0.15, -0.1) is 0 Å². The maximum absolute atomic E-state index is 10.8. The van der Waals surface area contributed by atoms with Gasteiger partial charge in [-0.25, -0.2) is 0 Å². The average Bonchev–Trinajstić information content (AvgIpc) is 2.13. The summed E-state index contributed by atoms with van der Waals surface area (Å²) in [7, 11) is -9.65. The first-order valence-electron chi connectivity index (χ1n) is 4.87. The molecule has 2 atom stereocenters. The first-order valence-corrected chi connectivity index (χ1v) is 8.35. The van der Waals surface area contributed by atoms with Crippen LogP contribution in [0, 0.1) is 10.1 Å². The Morgan fingerprint density at radius 3 is 1.79 bits per heavy atom. The predicted molar refractivity (Wildman–Crippen MR) is 63.1 cm³/mol. The number of aliphatic hydroxyl groups is 2. The maximum atomic E-state index is 10.8. The summed E-state index contributed by atoms with van der Waals surface area (Å²) in [5.41, 5.74) is -1.95. The Morgan fingerprint density at radius 1 is 1.21 bits per heavy atom. The van der Waals surface area contributed by atoms with Crippen molar-refractivity contribution in [3.8, 4) is 0 Å². The van der Waals surface area contributed by atoms with Crippen LogP contribution in [-0.2, 0) is 9.13 Å². The molecule has 0 rings (SSSR count). The summed E-state index contributed by atoms with van der Waals surface area (Å²) in [6, 6.07) is 0. The van der Waals surface area contributed by atoms with E-state index in [0.29, 0.717) is 0 Å². The molecule has 2 unspecified atom stereocenters. The van der Waals surface area contributed by atoms with E-state index in [4.69, 9.17) is 29.8 Å². The van der Waals surface area contributed by atoms with Gasteiger partial charge in [0.15, 0.2) is 0 Å². The van der Waals surface area contributed by atoms with Crippen LogP contribution in [0.15, 0.2) is 0 Å². The highest BCUT2D eigenvalue weighted by Crippen LogP contribution is 2.50. The molecule has 0 aromatic heterocycles. The van der Waals surface area contributed by atoms with Crippen molar-refractivity contribution in [2.75, 3.05) is 12.8 Å². The molecule has 0 aromatic rings. The van der Waals surface area contributed by atoms with Crippen molar-refractivity contribution in [2.24, 2.45) is 0 Å². The van der Waals surface area contributed by atoms with Gasteiger partial charge >= 0.3 is 21.4 Å². The molecule has 0 radical (unpaired) electrons. The number of hydrogen-bond donors (Lipinski definition) is 6. The van der Waals surface area contributed by atoms with Gasteiger partial charge in [0.1, 0.15) is 0 Å². The Kier molecular flexibility index (Phi) is 9.61. The molecule has 0 aliphatic heterocycles. The van der Waals surface area contributed by atoms with Gasteiger partial charge in [-0.2, -0.15) is 0 Å². The van der Waals surface area contributed by atoms with E-state index >= 15 is 0 Å². The molecule has 19 heavy (non-hydrogen) atoms. The molecule has 0 aliphatic rings. The molecule has 0 aromatic carbocycles. The molecule has 0 saturated carbocycles. The highest BCUT2D eigenvalue weighted by atomic mass is 31.2. The lowest BCUT2D eigenvalue weighted by molar-refractivity contribution is -0.571. The molecule has 13 heteroatoms. The minimum Gasteiger partial charge on any atom is -0.397 e. The summed E-state index contributed by atoms with van der Waals surface area (Å²) in [5, 5.41) is 26.4. The third kappa shape index (κ3) is 12.4. The van der Waals surface area contributed by atoms with Crippen LogP contribution in [-0.4, -0.2) is 59.4 Å². The normalized spacial score (nSPS) is 15.1. The van der Waals surface area contributed by atoms with Crippen LogP contribution in [0.3, 0.4) is 0 Å². The monoisotopic (exact) mass is 325 g/mol. The van der Waals surface area contributed by atoms with Gasteiger partial charge in [-0.05, 0) is 6.92 Å². The van der Waals surface area contributed by atoms with E-state index in [9.17, 15) is 19.2 Å². The Labute approximate surface area is 108 Å². The van der Waals surface area contributed by atoms with E-state index in [-0.39, 0.29) is 6.61 Å². The smallest absolute Gasteiger partial charge is 0.329 e. The van der Waals surface area contributed by atoms with E-state index in [1.54, 1.807) is 6.92 Å². The van der Waals surface area contributed by atoms with Gasteiger partial charge < -0.3 is 29.8 Å². The summed E-state index contributed by atoms with van der Waals surface area (Å²) in [6.45, 7) is 1.93. The minimum atomic E-state index is -4.92. The molecular formula is C6H17NO10P2. The van der Waals surface area contributed by atoms with Gasteiger partial charge in [0.05, 0.1) is 23.2 Å². The first-order chi connectivity index (χ1) is 8.35. The van der Waals surface area contributed by atoms with E-state index in [1.807, 2.05) is 0 Å². The minimum absolute atomic E-state index is 0.250. The fourth-order valence-corrected chi connectivity index (χ4v) is 3.57. The molecule has 0 heterocycles. The second-order valence-electron chi connectivity index (χ2n) is 3.41. The number of aliphatic hydroxyl groups excluding tert-OH is 2. The standard InChI is InChI=1S/C4H11NO9P2.C2H6O/c6-4(5(7)8)1-3(16(12,13)14)2-15(9,10)11;1-2-3/h3-4,6H,1-2H2,(H2,9,10,11)(H2,12,13,14);3H,2H2,1H3. The van der Waals surface area contributed by atoms with Crippen molar-refractivity contribution in [3.63, 3.8) is 0 Å². The topological polar surface area (TPSA) is 199 Å². The van der Waals surface area contributed by atoms with Crippen molar-refractivity contribution in [2.45, 2.75) is 25.2 Å². The lowest BCUT2D eigenvalue weighted by atomic mass is 10.3. The Bertz CT molecular complexity index is 361. The lowest BCUT2D eigenvalue weighted by Gasteiger charge is -2.18. The second-order valence-corrected chi connectivity index (χ2v) is 7.01. The zero-order valence-corrected chi connectivity index (χ0v) is 11.7. The number of rotatable bonds is 6. The quantitative estimate of drug-likeness (QED) is 0.147. The average molecular weight is 325 g/mol. The zero-order chi connectivity index (χ0) is 15.9. The Hall–Kier alpha value is -0.380. The van der Waals surface area contributed by atoms with Gasteiger partial charge in [-0.1, -0.05) is 0 Å². The second kappa shape index (κ2) is 8.72. The summed E-state index contributed by atoms with van der Waals surface area (Å²) in [5.74, 6) is 0. The summed E-state index contributed by atoms with van der Waals surface area (Å²) < 4.78 is 21.3. The molecule has 0 spiro atoms. The van der Waals surface area contributed by atoms with Crippen molar-refractivity contribution in [1.82, 2.24) is 0 Å². The zero-order valence-electron chi connectivity index (χ0n) is 9.93. The SMILES string of the molecule is CCO.O=[N+]([O-])C(O)CC(CP(=O)(O)O)P(=O)(O)O. The Morgan fingerprint density at radius 2 is 1.58 bits per heavy atom. The highest BCUT2D eigenvalue weighted by Gasteiger charge is 2.39. The molecular weight excluding hydrogens is 308 g/mol. The number of nitrogens with zero attached hydrogens (tertiary/aromatic N) is 1. The van der Waals surface area contributed by atoms with Gasteiger partial charge in [0, 0.05) is 6.61 Å². The Balaban J connectivity index is 0. The van der Waals surface area contributed by atoms with Crippen molar-refractivity contribution in [1.29, 1.82) is 0 Å². The van der Waals surface area contributed by atoms with Crippen LogP contribution in [0.25, 0.3) is 0 Å². The summed E-state index contributed by atoms with van der Waals surface area (Å²) >= 11 is 0. The molecule has 0 fully saturated rings. The van der Waals surface area contributed by atoms with Gasteiger partial charge in [0.25, 0.3) is 0 Å². The maximum Gasteiger partial charge on any atom is 0.329 e. The first kappa shape index (κ1) is 20.9.